The van der Waals surface area contributed by atoms with Gasteiger partial charge in [0, 0.05) is 6.54 Å². The first-order valence-corrected chi connectivity index (χ1v) is 6.16. The Morgan fingerprint density at radius 2 is 2.32 bits per heavy atom. The number of rotatable bonds is 6. The highest BCUT2D eigenvalue weighted by Crippen LogP contribution is 2.12. The van der Waals surface area contributed by atoms with E-state index in [4.69, 9.17) is 9.84 Å². The van der Waals surface area contributed by atoms with Crippen molar-refractivity contribution < 1.29 is 14.6 Å². The molecule has 0 aliphatic carbocycles. The molecule has 2 aromatic rings. The molecule has 0 saturated heterocycles. The van der Waals surface area contributed by atoms with Gasteiger partial charge in [-0.05, 0) is 24.1 Å². The van der Waals surface area contributed by atoms with Crippen LogP contribution in [0.15, 0.2) is 36.7 Å². The summed E-state index contributed by atoms with van der Waals surface area (Å²) in [6.07, 6.45) is 4.52. The fourth-order valence-electron chi connectivity index (χ4n) is 1.73. The van der Waals surface area contributed by atoms with Gasteiger partial charge >= 0.3 is 5.97 Å². The summed E-state index contributed by atoms with van der Waals surface area (Å²) in [5.41, 5.74) is 1.09. The summed E-state index contributed by atoms with van der Waals surface area (Å²) >= 11 is 0. The lowest BCUT2D eigenvalue weighted by Gasteiger charge is -2.04. The first-order chi connectivity index (χ1) is 9.19. The molecule has 100 valence electrons. The van der Waals surface area contributed by atoms with Gasteiger partial charge in [-0.1, -0.05) is 19.1 Å². The fraction of sp³-hybridized carbons (Fsp3) is 0.286. The molecule has 0 spiro atoms. The molecule has 0 saturated carbocycles. The van der Waals surface area contributed by atoms with Gasteiger partial charge in [-0.15, -0.1) is 0 Å². The highest BCUT2D eigenvalue weighted by Gasteiger charge is 2.04. The van der Waals surface area contributed by atoms with Gasteiger partial charge in [-0.2, -0.15) is 5.10 Å². The number of aromatic nitrogens is 2. The third-order valence-electron chi connectivity index (χ3n) is 2.64. The molecular formula is C14H16N2O3. The Morgan fingerprint density at radius 3 is 3.05 bits per heavy atom. The van der Waals surface area contributed by atoms with Crippen LogP contribution in [-0.4, -0.2) is 20.9 Å². The number of benzene rings is 1. The molecule has 2 rings (SSSR count). The molecule has 0 radical (unpaired) electrons. The van der Waals surface area contributed by atoms with E-state index in [2.05, 4.69) is 12.0 Å². The molecule has 1 heterocycles. The van der Waals surface area contributed by atoms with E-state index in [9.17, 15) is 4.79 Å². The molecule has 0 fully saturated rings. The smallest absolute Gasteiger partial charge is 0.335 e. The SMILES string of the molecule is CCCn1cc(OCc2cccc(C(=O)O)c2)cn1. The van der Waals surface area contributed by atoms with Crippen molar-refractivity contribution in [1.82, 2.24) is 9.78 Å². The molecule has 0 bridgehead atoms. The second-order valence-corrected chi connectivity index (χ2v) is 4.23. The van der Waals surface area contributed by atoms with Crippen molar-refractivity contribution in [3.05, 3.63) is 47.8 Å². The first kappa shape index (κ1) is 13.1. The third kappa shape index (κ3) is 3.58. The predicted octanol–water partition coefficient (Wildman–Crippen LogP) is 2.57. The summed E-state index contributed by atoms with van der Waals surface area (Å²) in [6, 6.07) is 6.72. The lowest BCUT2D eigenvalue weighted by molar-refractivity contribution is 0.0696. The van der Waals surface area contributed by atoms with Crippen molar-refractivity contribution in [2.75, 3.05) is 0 Å². The first-order valence-electron chi connectivity index (χ1n) is 6.16. The van der Waals surface area contributed by atoms with Gasteiger partial charge in [-0.3, -0.25) is 4.68 Å². The fourth-order valence-corrected chi connectivity index (χ4v) is 1.73. The zero-order chi connectivity index (χ0) is 13.7. The largest absolute Gasteiger partial charge is 0.486 e. The molecule has 0 unspecified atom stereocenters. The Morgan fingerprint density at radius 1 is 1.47 bits per heavy atom. The zero-order valence-corrected chi connectivity index (χ0v) is 10.7. The number of carbonyl (C=O) groups is 1. The van der Waals surface area contributed by atoms with Gasteiger partial charge in [0.05, 0.1) is 18.0 Å². The van der Waals surface area contributed by atoms with E-state index in [1.54, 1.807) is 24.4 Å². The quantitative estimate of drug-likeness (QED) is 0.867. The average molecular weight is 260 g/mol. The Bertz CT molecular complexity index is 563. The number of hydrogen-bond acceptors (Lipinski definition) is 3. The van der Waals surface area contributed by atoms with Crippen LogP contribution in [-0.2, 0) is 13.2 Å². The third-order valence-corrected chi connectivity index (χ3v) is 2.64. The van der Waals surface area contributed by atoms with Crippen molar-refractivity contribution in [2.24, 2.45) is 0 Å². The summed E-state index contributed by atoms with van der Waals surface area (Å²) in [5, 5.41) is 13.1. The Balaban J connectivity index is 1.97. The minimum absolute atomic E-state index is 0.266. The molecule has 5 nitrogen and oxygen atoms in total. The van der Waals surface area contributed by atoms with Crippen molar-refractivity contribution in [2.45, 2.75) is 26.5 Å². The van der Waals surface area contributed by atoms with Crippen molar-refractivity contribution in [3.8, 4) is 5.75 Å². The van der Waals surface area contributed by atoms with Crippen LogP contribution in [0.2, 0.25) is 0 Å². The van der Waals surface area contributed by atoms with Crippen LogP contribution in [0.1, 0.15) is 29.3 Å². The molecule has 0 amide bonds. The van der Waals surface area contributed by atoms with E-state index in [-0.39, 0.29) is 5.56 Å². The van der Waals surface area contributed by atoms with E-state index < -0.39 is 5.97 Å². The standard InChI is InChI=1S/C14H16N2O3/c1-2-6-16-9-13(8-15-16)19-10-11-4-3-5-12(7-11)14(17)18/h3-5,7-9H,2,6,10H2,1H3,(H,17,18). The summed E-state index contributed by atoms with van der Waals surface area (Å²) in [7, 11) is 0. The van der Waals surface area contributed by atoms with E-state index in [1.807, 2.05) is 16.9 Å². The molecule has 0 aliphatic heterocycles. The normalized spacial score (nSPS) is 10.4. The highest BCUT2D eigenvalue weighted by atomic mass is 16.5. The maximum Gasteiger partial charge on any atom is 0.335 e. The maximum absolute atomic E-state index is 10.8. The van der Waals surface area contributed by atoms with Gasteiger partial charge in [0.1, 0.15) is 6.61 Å². The van der Waals surface area contributed by atoms with Crippen LogP contribution in [0.3, 0.4) is 0 Å². The summed E-state index contributed by atoms with van der Waals surface area (Å²) in [5.74, 6) is -0.244. The van der Waals surface area contributed by atoms with Crippen molar-refractivity contribution >= 4 is 5.97 Å². The van der Waals surface area contributed by atoms with Gasteiger partial charge < -0.3 is 9.84 Å². The number of carboxylic acids is 1. The van der Waals surface area contributed by atoms with E-state index in [0.29, 0.717) is 12.4 Å². The topological polar surface area (TPSA) is 64.3 Å². The lowest BCUT2D eigenvalue weighted by Crippen LogP contribution is -2.00. The van der Waals surface area contributed by atoms with Crippen LogP contribution in [0.25, 0.3) is 0 Å². The van der Waals surface area contributed by atoms with Crippen LogP contribution in [0, 0.1) is 0 Å². The van der Waals surface area contributed by atoms with Gasteiger partial charge in [0.15, 0.2) is 5.75 Å². The molecule has 5 heteroatoms. The monoisotopic (exact) mass is 260 g/mol. The number of hydrogen-bond donors (Lipinski definition) is 1. The van der Waals surface area contributed by atoms with E-state index >= 15 is 0 Å². The Kier molecular flexibility index (Phi) is 4.18. The molecule has 1 N–H and O–H groups in total. The second-order valence-electron chi connectivity index (χ2n) is 4.23. The average Bonchev–Trinajstić information content (AvgIpc) is 2.85. The van der Waals surface area contributed by atoms with Gasteiger partial charge in [-0.25, -0.2) is 4.79 Å². The van der Waals surface area contributed by atoms with E-state index in [1.165, 1.54) is 0 Å². The Hall–Kier alpha value is -2.30. The zero-order valence-electron chi connectivity index (χ0n) is 10.7. The van der Waals surface area contributed by atoms with E-state index in [0.717, 1.165) is 18.5 Å². The molecular weight excluding hydrogens is 244 g/mol. The van der Waals surface area contributed by atoms with Crippen LogP contribution < -0.4 is 4.74 Å². The molecule has 1 aromatic heterocycles. The van der Waals surface area contributed by atoms with Crippen LogP contribution >= 0.6 is 0 Å². The summed E-state index contributed by atoms with van der Waals surface area (Å²) in [6.45, 7) is 3.27. The van der Waals surface area contributed by atoms with Crippen molar-refractivity contribution in [3.63, 3.8) is 0 Å². The number of aromatic carboxylic acids is 1. The van der Waals surface area contributed by atoms with Crippen LogP contribution in [0.5, 0.6) is 5.75 Å². The summed E-state index contributed by atoms with van der Waals surface area (Å²) < 4.78 is 7.40. The molecule has 0 atom stereocenters. The maximum atomic E-state index is 10.8. The predicted molar refractivity (Wildman–Crippen MR) is 70.3 cm³/mol. The van der Waals surface area contributed by atoms with Gasteiger partial charge in [0.25, 0.3) is 0 Å². The molecule has 0 aliphatic rings. The minimum Gasteiger partial charge on any atom is -0.486 e. The number of ether oxygens (including phenoxy) is 1. The number of nitrogens with zero attached hydrogens (tertiary/aromatic N) is 2. The lowest BCUT2D eigenvalue weighted by atomic mass is 10.1. The number of aryl methyl sites for hydroxylation is 1. The summed E-state index contributed by atoms with van der Waals surface area (Å²) in [4.78, 5) is 10.8. The van der Waals surface area contributed by atoms with Crippen molar-refractivity contribution in [1.29, 1.82) is 0 Å². The molecule has 1 aromatic carbocycles. The number of carboxylic acid groups (broad SMARTS) is 1. The van der Waals surface area contributed by atoms with Gasteiger partial charge in [0.2, 0.25) is 0 Å². The Labute approximate surface area is 111 Å². The van der Waals surface area contributed by atoms with Crippen LogP contribution in [0.4, 0.5) is 0 Å². The highest BCUT2D eigenvalue weighted by molar-refractivity contribution is 5.87. The minimum atomic E-state index is -0.933. The second kappa shape index (κ2) is 6.04. The molecule has 19 heavy (non-hydrogen) atoms.